The van der Waals surface area contributed by atoms with Crippen molar-refractivity contribution in [2.24, 2.45) is 0 Å². The molecule has 0 spiro atoms. The standard InChI is InChI=1S/C16H29N3O3S.C11H20N2O2S/c1-11(20)6-4-5-9-17-14(21)8-3-2-7-13-15-12(10-23-13)18-16(22)19-15;1-7(14)4-2-3-5-9-10-8(6-16-9)12-11(15)13-10/h12-13,15-16,18-19,22H,2-10H2,1H3,(H,17,21);8-13,15H,2-6H2,1H3. The number of rotatable bonds is 15. The molecular weight excluding hydrogens is 538 g/mol. The second-order valence-electron chi connectivity index (χ2n) is 11.2. The second kappa shape index (κ2) is 17.3. The molecular formula is C27H49N5O5S2. The summed E-state index contributed by atoms with van der Waals surface area (Å²) in [4.78, 5) is 33.3. The molecule has 8 unspecified atom stereocenters. The number of nitrogens with one attached hydrogen (secondary N) is 5. The molecule has 0 saturated carbocycles. The van der Waals surface area contributed by atoms with E-state index in [4.69, 9.17) is 0 Å². The zero-order valence-corrected chi connectivity index (χ0v) is 25.1. The van der Waals surface area contributed by atoms with Crippen LogP contribution in [0, 0.1) is 0 Å². The van der Waals surface area contributed by atoms with Crippen molar-refractivity contribution in [2.45, 2.75) is 132 Å². The van der Waals surface area contributed by atoms with E-state index in [0.29, 0.717) is 60.5 Å². The van der Waals surface area contributed by atoms with Gasteiger partial charge in [0.1, 0.15) is 11.6 Å². The van der Waals surface area contributed by atoms with Gasteiger partial charge < -0.3 is 25.1 Å². The fourth-order valence-electron chi connectivity index (χ4n) is 5.70. The maximum absolute atomic E-state index is 11.7. The van der Waals surface area contributed by atoms with Gasteiger partial charge in [-0.3, -0.25) is 26.1 Å². The Balaban J connectivity index is 0.000000230. The lowest BCUT2D eigenvalue weighted by molar-refractivity contribution is -0.121. The third-order valence-corrected chi connectivity index (χ3v) is 10.8. The van der Waals surface area contributed by atoms with Gasteiger partial charge in [-0.1, -0.05) is 12.8 Å². The molecule has 0 aromatic heterocycles. The number of unbranched alkanes of at least 4 members (excludes halogenated alkanes) is 3. The number of carbonyl (C=O) groups is 3. The first-order chi connectivity index (χ1) is 18.7. The molecule has 8 atom stereocenters. The number of Topliss-reactive ketones (excluding diaryl/α,β-unsaturated/α-hetero) is 2. The van der Waals surface area contributed by atoms with Crippen molar-refractivity contribution in [3.05, 3.63) is 0 Å². The fourth-order valence-corrected chi connectivity index (χ4v) is 8.83. The van der Waals surface area contributed by atoms with Crippen molar-refractivity contribution in [1.29, 1.82) is 0 Å². The summed E-state index contributed by atoms with van der Waals surface area (Å²) in [5.41, 5.74) is 0. The number of fused-ring (bicyclic) bond motifs is 2. The molecule has 4 aliphatic rings. The highest BCUT2D eigenvalue weighted by atomic mass is 32.2. The van der Waals surface area contributed by atoms with E-state index in [0.717, 1.165) is 62.9 Å². The molecule has 0 aliphatic carbocycles. The summed E-state index contributed by atoms with van der Waals surface area (Å²) in [5, 5.41) is 35.6. The molecule has 39 heavy (non-hydrogen) atoms. The number of aliphatic hydroxyl groups is 2. The first kappa shape index (κ1) is 32.8. The van der Waals surface area contributed by atoms with Crippen molar-refractivity contribution in [3.8, 4) is 0 Å². The number of hydrogen-bond donors (Lipinski definition) is 7. The van der Waals surface area contributed by atoms with E-state index >= 15 is 0 Å². The summed E-state index contributed by atoms with van der Waals surface area (Å²) in [6.07, 6.45) is 8.79. The van der Waals surface area contributed by atoms with Crippen LogP contribution in [-0.2, 0) is 14.4 Å². The van der Waals surface area contributed by atoms with Crippen molar-refractivity contribution < 1.29 is 24.6 Å². The third-order valence-electron chi connectivity index (χ3n) is 7.78. The van der Waals surface area contributed by atoms with E-state index in [9.17, 15) is 24.6 Å². The summed E-state index contributed by atoms with van der Waals surface area (Å²) in [7, 11) is 0. The minimum absolute atomic E-state index is 0.112. The normalized spacial score (nSPS) is 32.8. The van der Waals surface area contributed by atoms with E-state index in [1.54, 1.807) is 13.8 Å². The Morgan fingerprint density at radius 3 is 1.64 bits per heavy atom. The van der Waals surface area contributed by atoms with E-state index in [1.165, 1.54) is 0 Å². The number of amides is 1. The molecule has 4 aliphatic heterocycles. The molecule has 10 nitrogen and oxygen atoms in total. The van der Waals surface area contributed by atoms with Crippen LogP contribution in [0.1, 0.15) is 84.5 Å². The van der Waals surface area contributed by atoms with Crippen LogP contribution >= 0.6 is 23.5 Å². The molecule has 7 N–H and O–H groups in total. The monoisotopic (exact) mass is 587 g/mol. The van der Waals surface area contributed by atoms with Crippen LogP contribution < -0.4 is 26.6 Å². The van der Waals surface area contributed by atoms with Crippen LogP contribution in [0.15, 0.2) is 0 Å². The highest BCUT2D eigenvalue weighted by molar-refractivity contribution is 8.00. The molecule has 4 heterocycles. The van der Waals surface area contributed by atoms with Crippen molar-refractivity contribution in [1.82, 2.24) is 26.6 Å². The van der Waals surface area contributed by atoms with Gasteiger partial charge in [-0.25, -0.2) is 0 Å². The number of thioether (sulfide) groups is 2. The minimum Gasteiger partial charge on any atom is -0.365 e. The Morgan fingerprint density at radius 1 is 0.692 bits per heavy atom. The quantitative estimate of drug-likeness (QED) is 0.138. The number of hydrogen-bond acceptors (Lipinski definition) is 11. The van der Waals surface area contributed by atoms with Crippen LogP contribution in [0.4, 0.5) is 0 Å². The van der Waals surface area contributed by atoms with Gasteiger partial charge in [0.2, 0.25) is 5.91 Å². The van der Waals surface area contributed by atoms with E-state index in [1.807, 2.05) is 23.5 Å². The van der Waals surface area contributed by atoms with Gasteiger partial charge in [-0.2, -0.15) is 23.5 Å². The topological polar surface area (TPSA) is 152 Å². The molecule has 0 radical (unpaired) electrons. The first-order valence-corrected chi connectivity index (χ1v) is 16.7. The number of aliphatic hydroxyl groups excluding tert-OH is 2. The largest absolute Gasteiger partial charge is 0.365 e. The molecule has 0 aromatic rings. The lowest BCUT2D eigenvalue weighted by atomic mass is 10.0. The molecule has 0 aromatic carbocycles. The lowest BCUT2D eigenvalue weighted by Gasteiger charge is -2.17. The van der Waals surface area contributed by atoms with Gasteiger partial charge in [-0.15, -0.1) is 0 Å². The fraction of sp³-hybridized carbons (Fsp3) is 0.889. The molecule has 4 saturated heterocycles. The van der Waals surface area contributed by atoms with Crippen LogP contribution in [-0.4, -0.2) is 93.1 Å². The van der Waals surface area contributed by atoms with Gasteiger partial charge >= 0.3 is 0 Å². The molecule has 1 amide bonds. The average Bonchev–Trinajstić information content (AvgIpc) is 3.62. The predicted octanol–water partition coefficient (Wildman–Crippen LogP) is 1.20. The Morgan fingerprint density at radius 2 is 1.15 bits per heavy atom. The van der Waals surface area contributed by atoms with Crippen LogP contribution in [0.2, 0.25) is 0 Å². The SMILES string of the molecule is CC(=O)CCCCC1SCC2NC(O)NC21.CC(=O)CCCCNC(=O)CCCCC1SCC2NC(O)NC21. The van der Waals surface area contributed by atoms with Crippen molar-refractivity contribution >= 4 is 41.0 Å². The smallest absolute Gasteiger partial charge is 0.219 e. The molecule has 12 heteroatoms. The second-order valence-corrected chi connectivity index (χ2v) is 13.7. The van der Waals surface area contributed by atoms with Crippen LogP contribution in [0.25, 0.3) is 0 Å². The predicted molar refractivity (Wildman–Crippen MR) is 157 cm³/mol. The number of ketones is 2. The third kappa shape index (κ3) is 11.6. The summed E-state index contributed by atoms with van der Waals surface area (Å²) in [6, 6.07) is 1.54. The van der Waals surface area contributed by atoms with E-state index in [2.05, 4.69) is 26.6 Å². The lowest BCUT2D eigenvalue weighted by Crippen LogP contribution is -2.38. The Labute approximate surface area is 241 Å². The minimum atomic E-state index is -0.567. The summed E-state index contributed by atoms with van der Waals surface area (Å²) in [6.45, 7) is 3.92. The van der Waals surface area contributed by atoms with Crippen LogP contribution in [0.3, 0.4) is 0 Å². The molecule has 4 fully saturated rings. The maximum atomic E-state index is 11.7. The average molecular weight is 588 g/mol. The van der Waals surface area contributed by atoms with Gasteiger partial charge in [0, 0.05) is 72.0 Å². The maximum Gasteiger partial charge on any atom is 0.219 e. The van der Waals surface area contributed by atoms with Gasteiger partial charge in [0.25, 0.3) is 0 Å². The van der Waals surface area contributed by atoms with Gasteiger partial charge in [-0.05, 0) is 52.4 Å². The zero-order chi connectivity index (χ0) is 28.2. The molecule has 4 rings (SSSR count). The Bertz CT molecular complexity index is 794. The van der Waals surface area contributed by atoms with Crippen molar-refractivity contribution in [3.63, 3.8) is 0 Å². The highest BCUT2D eigenvalue weighted by Gasteiger charge is 2.43. The summed E-state index contributed by atoms with van der Waals surface area (Å²) >= 11 is 3.93. The zero-order valence-electron chi connectivity index (χ0n) is 23.5. The highest BCUT2D eigenvalue weighted by Crippen LogP contribution is 2.34. The van der Waals surface area contributed by atoms with Gasteiger partial charge in [0.05, 0.1) is 0 Å². The molecule has 0 bridgehead atoms. The van der Waals surface area contributed by atoms with E-state index < -0.39 is 12.7 Å². The molecule has 224 valence electrons. The van der Waals surface area contributed by atoms with Crippen molar-refractivity contribution in [2.75, 3.05) is 18.1 Å². The summed E-state index contributed by atoms with van der Waals surface area (Å²) in [5.74, 6) is 2.73. The number of carbonyl (C=O) groups excluding carboxylic acids is 3. The van der Waals surface area contributed by atoms with E-state index in [-0.39, 0.29) is 17.5 Å². The first-order valence-electron chi connectivity index (χ1n) is 14.6. The summed E-state index contributed by atoms with van der Waals surface area (Å²) < 4.78 is 0. The Hall–Kier alpha value is -0.730. The van der Waals surface area contributed by atoms with Gasteiger partial charge in [0.15, 0.2) is 12.7 Å². The Kier molecular flexibility index (Phi) is 14.5. The van der Waals surface area contributed by atoms with Crippen LogP contribution in [0.5, 0.6) is 0 Å².